The van der Waals surface area contributed by atoms with E-state index in [1.54, 1.807) is 11.0 Å². The lowest BCUT2D eigenvalue weighted by molar-refractivity contribution is -0.130. The van der Waals surface area contributed by atoms with Gasteiger partial charge in [0.25, 0.3) is 0 Å². The summed E-state index contributed by atoms with van der Waals surface area (Å²) in [5.41, 5.74) is 6.70. The van der Waals surface area contributed by atoms with E-state index in [4.69, 9.17) is 17.3 Å². The van der Waals surface area contributed by atoms with Gasteiger partial charge in [-0.05, 0) is 31.5 Å². The van der Waals surface area contributed by atoms with Crippen molar-refractivity contribution < 1.29 is 9.18 Å². The fraction of sp³-hybridized carbons (Fsp3) is 0.462. The standard InChI is InChI=1S/C13H16ClFN2O/c1-7(2)17-12(18)6-11(16)13(17)8-3-4-9(14)10(15)5-8/h3-5,7,11,13H,6,16H2,1-2H3. The van der Waals surface area contributed by atoms with Crippen LogP contribution in [0.1, 0.15) is 31.9 Å². The van der Waals surface area contributed by atoms with E-state index in [9.17, 15) is 9.18 Å². The number of amides is 1. The van der Waals surface area contributed by atoms with E-state index < -0.39 is 5.82 Å². The monoisotopic (exact) mass is 270 g/mol. The molecule has 0 aromatic heterocycles. The first kappa shape index (κ1) is 13.3. The molecule has 1 fully saturated rings. The van der Waals surface area contributed by atoms with Crippen LogP contribution in [0.5, 0.6) is 0 Å². The molecule has 1 aliphatic rings. The lowest BCUT2D eigenvalue weighted by atomic mass is 10.00. The Morgan fingerprint density at radius 3 is 2.72 bits per heavy atom. The molecule has 0 spiro atoms. The zero-order chi connectivity index (χ0) is 13.4. The summed E-state index contributed by atoms with van der Waals surface area (Å²) < 4.78 is 13.5. The summed E-state index contributed by atoms with van der Waals surface area (Å²) >= 11 is 5.66. The van der Waals surface area contributed by atoms with Gasteiger partial charge in [-0.3, -0.25) is 4.79 Å². The third kappa shape index (κ3) is 2.22. The highest BCUT2D eigenvalue weighted by Gasteiger charge is 2.40. The smallest absolute Gasteiger partial charge is 0.225 e. The number of benzene rings is 1. The Morgan fingerprint density at radius 1 is 1.50 bits per heavy atom. The van der Waals surface area contributed by atoms with Crippen molar-refractivity contribution in [2.75, 3.05) is 0 Å². The Kier molecular flexibility index (Phi) is 3.59. The molecule has 0 radical (unpaired) electrons. The summed E-state index contributed by atoms with van der Waals surface area (Å²) in [4.78, 5) is 13.6. The highest BCUT2D eigenvalue weighted by molar-refractivity contribution is 6.30. The van der Waals surface area contributed by atoms with Gasteiger partial charge in [-0.25, -0.2) is 4.39 Å². The number of hydrogen-bond acceptors (Lipinski definition) is 2. The maximum atomic E-state index is 13.5. The summed E-state index contributed by atoms with van der Waals surface area (Å²) in [6.45, 7) is 3.85. The molecule has 1 aliphatic heterocycles. The maximum Gasteiger partial charge on any atom is 0.225 e. The van der Waals surface area contributed by atoms with Crippen molar-refractivity contribution in [2.45, 2.75) is 38.4 Å². The van der Waals surface area contributed by atoms with Crippen molar-refractivity contribution in [3.05, 3.63) is 34.6 Å². The van der Waals surface area contributed by atoms with E-state index >= 15 is 0 Å². The van der Waals surface area contributed by atoms with Gasteiger partial charge in [0.05, 0.1) is 11.1 Å². The molecular formula is C13H16ClFN2O. The minimum atomic E-state index is -0.482. The average molecular weight is 271 g/mol. The van der Waals surface area contributed by atoms with E-state index in [1.165, 1.54) is 12.1 Å². The lowest BCUT2D eigenvalue weighted by Crippen LogP contribution is -2.37. The molecule has 1 heterocycles. The Bertz CT molecular complexity index is 478. The Balaban J connectivity index is 2.40. The molecule has 2 atom stereocenters. The van der Waals surface area contributed by atoms with Gasteiger partial charge in [0.15, 0.2) is 0 Å². The second-order valence-corrected chi connectivity index (χ2v) is 5.29. The summed E-state index contributed by atoms with van der Waals surface area (Å²) in [6, 6.07) is 4.05. The fourth-order valence-corrected chi connectivity index (χ4v) is 2.61. The summed E-state index contributed by atoms with van der Waals surface area (Å²) in [6.07, 6.45) is 0.299. The molecular weight excluding hydrogens is 255 g/mol. The van der Waals surface area contributed by atoms with Crippen LogP contribution >= 0.6 is 11.6 Å². The summed E-state index contributed by atoms with van der Waals surface area (Å²) in [5.74, 6) is -0.470. The lowest BCUT2D eigenvalue weighted by Gasteiger charge is -2.30. The second kappa shape index (κ2) is 4.86. The predicted molar refractivity (Wildman–Crippen MR) is 68.7 cm³/mol. The van der Waals surface area contributed by atoms with Crippen LogP contribution in [-0.4, -0.2) is 22.9 Å². The first-order valence-corrected chi connectivity index (χ1v) is 6.31. The normalized spacial score (nSPS) is 24.1. The zero-order valence-corrected chi connectivity index (χ0v) is 11.1. The van der Waals surface area contributed by atoms with Crippen LogP contribution in [0.3, 0.4) is 0 Å². The third-order valence-corrected chi connectivity index (χ3v) is 3.55. The molecule has 3 nitrogen and oxygen atoms in total. The van der Waals surface area contributed by atoms with Crippen LogP contribution < -0.4 is 5.73 Å². The number of carbonyl (C=O) groups excluding carboxylic acids is 1. The molecule has 18 heavy (non-hydrogen) atoms. The van der Waals surface area contributed by atoms with Gasteiger partial charge in [0.1, 0.15) is 5.82 Å². The molecule has 0 bridgehead atoms. The Morgan fingerprint density at radius 2 is 2.17 bits per heavy atom. The van der Waals surface area contributed by atoms with Gasteiger partial charge in [0.2, 0.25) is 5.91 Å². The molecule has 0 saturated carbocycles. The topological polar surface area (TPSA) is 46.3 Å². The number of carbonyl (C=O) groups is 1. The van der Waals surface area contributed by atoms with Crippen LogP contribution in [0.4, 0.5) is 4.39 Å². The molecule has 1 saturated heterocycles. The minimum absolute atomic E-state index is 0.0119. The van der Waals surface area contributed by atoms with Crippen molar-refractivity contribution in [1.82, 2.24) is 4.90 Å². The largest absolute Gasteiger partial charge is 0.332 e. The van der Waals surface area contributed by atoms with Crippen molar-refractivity contribution in [3.63, 3.8) is 0 Å². The van der Waals surface area contributed by atoms with Gasteiger partial charge in [-0.15, -0.1) is 0 Å². The third-order valence-electron chi connectivity index (χ3n) is 3.25. The SMILES string of the molecule is CC(C)N1C(=O)CC(N)C1c1ccc(Cl)c(F)c1. The number of likely N-dealkylation sites (tertiary alicyclic amines) is 1. The van der Waals surface area contributed by atoms with Crippen molar-refractivity contribution in [1.29, 1.82) is 0 Å². The van der Waals surface area contributed by atoms with E-state index in [0.717, 1.165) is 0 Å². The van der Waals surface area contributed by atoms with Crippen LogP contribution in [0.25, 0.3) is 0 Å². The first-order valence-electron chi connectivity index (χ1n) is 5.93. The molecule has 2 N–H and O–H groups in total. The molecule has 1 aromatic rings. The number of rotatable bonds is 2. The number of hydrogen-bond donors (Lipinski definition) is 1. The number of halogens is 2. The zero-order valence-electron chi connectivity index (χ0n) is 10.4. The van der Waals surface area contributed by atoms with Crippen molar-refractivity contribution in [3.8, 4) is 0 Å². The van der Waals surface area contributed by atoms with Gasteiger partial charge in [-0.2, -0.15) is 0 Å². The van der Waals surface area contributed by atoms with E-state index in [-0.39, 0.29) is 29.1 Å². The van der Waals surface area contributed by atoms with E-state index in [0.29, 0.717) is 12.0 Å². The first-order chi connectivity index (χ1) is 8.41. The van der Waals surface area contributed by atoms with Gasteiger partial charge >= 0.3 is 0 Å². The highest BCUT2D eigenvalue weighted by atomic mass is 35.5. The van der Waals surface area contributed by atoms with Crippen LogP contribution in [0.2, 0.25) is 5.02 Å². The minimum Gasteiger partial charge on any atom is -0.332 e. The summed E-state index contributed by atoms with van der Waals surface area (Å²) in [7, 11) is 0. The van der Waals surface area contributed by atoms with Gasteiger partial charge < -0.3 is 10.6 Å². The number of nitrogens with two attached hydrogens (primary N) is 1. The van der Waals surface area contributed by atoms with Crippen LogP contribution in [0, 0.1) is 5.82 Å². The Hall–Kier alpha value is -1.13. The van der Waals surface area contributed by atoms with Crippen LogP contribution in [0.15, 0.2) is 18.2 Å². The quantitative estimate of drug-likeness (QED) is 0.897. The molecule has 1 aromatic carbocycles. The molecule has 98 valence electrons. The van der Waals surface area contributed by atoms with Crippen molar-refractivity contribution >= 4 is 17.5 Å². The van der Waals surface area contributed by atoms with Crippen molar-refractivity contribution in [2.24, 2.45) is 5.73 Å². The molecule has 5 heteroatoms. The molecule has 2 unspecified atom stereocenters. The molecule has 2 rings (SSSR count). The van der Waals surface area contributed by atoms with E-state index in [1.807, 2.05) is 13.8 Å². The summed E-state index contributed by atoms with van der Waals surface area (Å²) in [5, 5.41) is 0.0766. The predicted octanol–water partition coefficient (Wildman–Crippen LogP) is 2.49. The maximum absolute atomic E-state index is 13.5. The fourth-order valence-electron chi connectivity index (χ4n) is 2.49. The number of nitrogens with zero attached hydrogens (tertiary/aromatic N) is 1. The van der Waals surface area contributed by atoms with E-state index in [2.05, 4.69) is 0 Å². The molecule has 1 amide bonds. The highest BCUT2D eigenvalue weighted by Crippen LogP contribution is 2.34. The average Bonchev–Trinajstić information content (AvgIpc) is 2.57. The van der Waals surface area contributed by atoms with Gasteiger partial charge in [0, 0.05) is 18.5 Å². The van der Waals surface area contributed by atoms with Crippen LogP contribution in [-0.2, 0) is 4.79 Å². The second-order valence-electron chi connectivity index (χ2n) is 4.88. The Labute approximate surface area is 111 Å². The molecule has 0 aliphatic carbocycles. The van der Waals surface area contributed by atoms with Gasteiger partial charge in [-0.1, -0.05) is 17.7 Å².